The van der Waals surface area contributed by atoms with Gasteiger partial charge in [0.05, 0.1) is 4.90 Å². The van der Waals surface area contributed by atoms with Crippen molar-refractivity contribution < 1.29 is 31.8 Å². The number of benzene rings is 1. The summed E-state index contributed by atoms with van der Waals surface area (Å²) in [6.07, 6.45) is -2.63. The molecule has 1 aromatic rings. The monoisotopic (exact) mass is 337 g/mol. The zero-order valence-corrected chi connectivity index (χ0v) is 12.8. The number of hydrogen-bond acceptors (Lipinski definition) is 4. The Bertz CT molecular complexity index is 601. The highest BCUT2D eigenvalue weighted by atomic mass is 32.2. The first kappa shape index (κ1) is 18.3. The predicted molar refractivity (Wildman–Crippen MR) is 74.5 cm³/mol. The SMILES string of the molecule is CC(C)[C@@H](NS(=O)(=O)c1ccc(OCC(F)F)cc1)C(=O)O. The Kier molecular flexibility index (Phi) is 6.24. The highest BCUT2D eigenvalue weighted by Gasteiger charge is 2.27. The van der Waals surface area contributed by atoms with Gasteiger partial charge in [-0.3, -0.25) is 4.79 Å². The number of hydrogen-bond donors (Lipinski definition) is 2. The summed E-state index contributed by atoms with van der Waals surface area (Å²) >= 11 is 0. The molecule has 0 spiro atoms. The van der Waals surface area contributed by atoms with Crippen molar-refractivity contribution in [1.29, 1.82) is 0 Å². The van der Waals surface area contributed by atoms with Crippen LogP contribution in [0.25, 0.3) is 0 Å². The molecule has 1 aromatic carbocycles. The standard InChI is InChI=1S/C13H17F2NO5S/c1-8(2)12(13(17)18)16-22(19,20)10-5-3-9(4-6-10)21-7-11(14)15/h3-6,8,11-12,16H,7H2,1-2H3,(H,17,18)/t12-/m1/s1. The molecule has 0 saturated carbocycles. The maximum atomic E-state index is 12.1. The highest BCUT2D eigenvalue weighted by Crippen LogP contribution is 2.17. The van der Waals surface area contributed by atoms with Crippen LogP contribution in [0.2, 0.25) is 0 Å². The van der Waals surface area contributed by atoms with E-state index in [1.807, 2.05) is 0 Å². The fourth-order valence-corrected chi connectivity index (χ4v) is 2.92. The van der Waals surface area contributed by atoms with Gasteiger partial charge >= 0.3 is 5.97 Å². The second kappa shape index (κ2) is 7.50. The van der Waals surface area contributed by atoms with Gasteiger partial charge in [0.1, 0.15) is 18.4 Å². The van der Waals surface area contributed by atoms with E-state index in [-0.39, 0.29) is 10.6 Å². The zero-order chi connectivity index (χ0) is 16.9. The lowest BCUT2D eigenvalue weighted by Gasteiger charge is -2.18. The van der Waals surface area contributed by atoms with Crippen LogP contribution >= 0.6 is 0 Å². The molecule has 1 atom stereocenters. The number of alkyl halides is 2. The molecule has 22 heavy (non-hydrogen) atoms. The number of halogens is 2. The topological polar surface area (TPSA) is 92.7 Å². The van der Waals surface area contributed by atoms with Crippen molar-refractivity contribution >= 4 is 16.0 Å². The third-order valence-corrected chi connectivity index (χ3v) is 4.18. The van der Waals surface area contributed by atoms with Crippen LogP contribution in [0, 0.1) is 5.92 Å². The summed E-state index contributed by atoms with van der Waals surface area (Å²) < 4.78 is 55.0. The molecule has 0 aliphatic heterocycles. The number of ether oxygens (including phenoxy) is 1. The molecule has 0 bridgehead atoms. The Balaban J connectivity index is 2.87. The van der Waals surface area contributed by atoms with Crippen LogP contribution in [0.1, 0.15) is 13.8 Å². The minimum absolute atomic E-state index is 0.0953. The second-order valence-electron chi connectivity index (χ2n) is 4.85. The maximum absolute atomic E-state index is 12.1. The fourth-order valence-electron chi connectivity index (χ4n) is 1.58. The van der Waals surface area contributed by atoms with Crippen LogP contribution < -0.4 is 9.46 Å². The molecule has 6 nitrogen and oxygen atoms in total. The lowest BCUT2D eigenvalue weighted by molar-refractivity contribution is -0.140. The van der Waals surface area contributed by atoms with Gasteiger partial charge in [0.2, 0.25) is 10.0 Å². The third-order valence-electron chi connectivity index (χ3n) is 2.72. The average molecular weight is 337 g/mol. The molecule has 124 valence electrons. The smallest absolute Gasteiger partial charge is 0.322 e. The Morgan fingerprint density at radius 3 is 2.23 bits per heavy atom. The molecule has 0 heterocycles. The molecule has 0 fully saturated rings. The molecular weight excluding hydrogens is 320 g/mol. The Hall–Kier alpha value is -1.74. The van der Waals surface area contributed by atoms with E-state index < -0.39 is 41.0 Å². The van der Waals surface area contributed by atoms with Crippen molar-refractivity contribution in [2.45, 2.75) is 31.2 Å². The third kappa shape index (κ3) is 5.23. The van der Waals surface area contributed by atoms with E-state index in [9.17, 15) is 22.0 Å². The lowest BCUT2D eigenvalue weighted by Crippen LogP contribution is -2.44. The summed E-state index contributed by atoms with van der Waals surface area (Å²) in [6, 6.07) is 3.49. The first-order valence-corrected chi connectivity index (χ1v) is 7.88. The molecule has 0 aliphatic carbocycles. The van der Waals surface area contributed by atoms with Crippen molar-refractivity contribution in [3.63, 3.8) is 0 Å². The number of carbonyl (C=O) groups is 1. The van der Waals surface area contributed by atoms with Crippen LogP contribution in [0.5, 0.6) is 5.75 Å². The van der Waals surface area contributed by atoms with Gasteiger partial charge in [-0.1, -0.05) is 13.8 Å². The predicted octanol–water partition coefficient (Wildman–Crippen LogP) is 1.72. The van der Waals surface area contributed by atoms with Crippen LogP contribution in [0.4, 0.5) is 8.78 Å². The van der Waals surface area contributed by atoms with E-state index in [1.54, 1.807) is 13.8 Å². The van der Waals surface area contributed by atoms with E-state index >= 15 is 0 Å². The summed E-state index contributed by atoms with van der Waals surface area (Å²) in [4.78, 5) is 10.9. The van der Waals surface area contributed by atoms with Gasteiger partial charge in [-0.25, -0.2) is 17.2 Å². The molecule has 0 aliphatic rings. The number of rotatable bonds is 8. The number of carboxylic acids is 1. The van der Waals surface area contributed by atoms with Crippen molar-refractivity contribution in [2.24, 2.45) is 5.92 Å². The normalized spacial score (nSPS) is 13.4. The van der Waals surface area contributed by atoms with Crippen molar-refractivity contribution in [3.05, 3.63) is 24.3 Å². The minimum atomic E-state index is -4.03. The molecule has 0 saturated heterocycles. The maximum Gasteiger partial charge on any atom is 0.322 e. The largest absolute Gasteiger partial charge is 0.488 e. The summed E-state index contributed by atoms with van der Waals surface area (Å²) in [7, 11) is -4.03. The van der Waals surface area contributed by atoms with Crippen molar-refractivity contribution in [3.8, 4) is 5.75 Å². The Morgan fingerprint density at radius 1 is 1.27 bits per heavy atom. The molecule has 2 N–H and O–H groups in total. The molecule has 0 unspecified atom stereocenters. The van der Waals surface area contributed by atoms with Gasteiger partial charge in [-0.15, -0.1) is 0 Å². The van der Waals surface area contributed by atoms with Gasteiger partial charge in [-0.05, 0) is 30.2 Å². The summed E-state index contributed by atoms with van der Waals surface area (Å²) in [5.41, 5.74) is 0. The number of nitrogens with one attached hydrogen (secondary N) is 1. The van der Waals surface area contributed by atoms with Crippen LogP contribution in [0.3, 0.4) is 0 Å². The van der Waals surface area contributed by atoms with E-state index in [1.165, 1.54) is 12.1 Å². The molecule has 0 amide bonds. The van der Waals surface area contributed by atoms with E-state index in [4.69, 9.17) is 9.84 Å². The zero-order valence-electron chi connectivity index (χ0n) is 12.0. The molecule has 9 heteroatoms. The molecule has 0 radical (unpaired) electrons. The van der Waals surface area contributed by atoms with Crippen LogP contribution in [-0.4, -0.2) is 38.6 Å². The van der Waals surface area contributed by atoms with Crippen molar-refractivity contribution in [1.82, 2.24) is 4.72 Å². The first-order valence-electron chi connectivity index (χ1n) is 6.39. The molecule has 1 rings (SSSR count). The Morgan fingerprint density at radius 2 is 1.82 bits per heavy atom. The quantitative estimate of drug-likeness (QED) is 0.753. The van der Waals surface area contributed by atoms with Gasteiger partial charge < -0.3 is 9.84 Å². The van der Waals surface area contributed by atoms with E-state index in [0.29, 0.717) is 0 Å². The summed E-state index contributed by atoms with van der Waals surface area (Å²) in [6.45, 7) is 2.35. The summed E-state index contributed by atoms with van der Waals surface area (Å²) in [5.74, 6) is -1.63. The molecule has 0 aromatic heterocycles. The van der Waals surface area contributed by atoms with Gasteiger partial charge in [0, 0.05) is 0 Å². The second-order valence-corrected chi connectivity index (χ2v) is 6.57. The fraction of sp³-hybridized carbons (Fsp3) is 0.462. The van der Waals surface area contributed by atoms with Crippen LogP contribution in [-0.2, 0) is 14.8 Å². The first-order chi connectivity index (χ1) is 10.1. The highest BCUT2D eigenvalue weighted by molar-refractivity contribution is 7.89. The number of aliphatic carboxylic acids is 1. The Labute approximate surface area is 127 Å². The van der Waals surface area contributed by atoms with Gasteiger partial charge in [0.25, 0.3) is 6.43 Å². The summed E-state index contributed by atoms with van der Waals surface area (Å²) in [5, 5.41) is 9.00. The number of carboxylic acid groups (broad SMARTS) is 1. The van der Waals surface area contributed by atoms with E-state index in [0.717, 1.165) is 12.1 Å². The lowest BCUT2D eigenvalue weighted by atomic mass is 10.1. The minimum Gasteiger partial charge on any atom is -0.488 e. The average Bonchev–Trinajstić information content (AvgIpc) is 2.42. The van der Waals surface area contributed by atoms with Gasteiger partial charge in [0.15, 0.2) is 0 Å². The van der Waals surface area contributed by atoms with Gasteiger partial charge in [-0.2, -0.15) is 4.72 Å². The molecular formula is C13H17F2NO5S. The van der Waals surface area contributed by atoms with Crippen molar-refractivity contribution in [2.75, 3.05) is 6.61 Å². The number of sulfonamides is 1. The van der Waals surface area contributed by atoms with E-state index in [2.05, 4.69) is 4.72 Å². The van der Waals surface area contributed by atoms with Crippen LogP contribution in [0.15, 0.2) is 29.2 Å².